The molecule has 0 aromatic carbocycles. The Balaban J connectivity index is 1.87. The lowest BCUT2D eigenvalue weighted by Gasteiger charge is -2.30. The molecule has 0 aliphatic carbocycles. The van der Waals surface area contributed by atoms with Crippen molar-refractivity contribution in [3.05, 3.63) is 11.1 Å². The fourth-order valence-corrected chi connectivity index (χ4v) is 3.27. The van der Waals surface area contributed by atoms with Crippen LogP contribution in [-0.4, -0.2) is 79.2 Å². The van der Waals surface area contributed by atoms with E-state index in [1.807, 2.05) is 12.3 Å². The third kappa shape index (κ3) is 7.27. The number of amides is 3. The lowest BCUT2D eigenvalue weighted by atomic mass is 10.3. The van der Waals surface area contributed by atoms with Crippen molar-refractivity contribution in [2.45, 2.75) is 26.7 Å². The molecule has 2 N–H and O–H groups in total. The number of hydrogen-bond donors (Lipinski definition) is 2. The Morgan fingerprint density at radius 3 is 2.81 bits per heavy atom. The summed E-state index contributed by atoms with van der Waals surface area (Å²) in [7, 11) is 0. The maximum Gasteiger partial charge on any atom is 0.317 e. The second-order valence-corrected chi connectivity index (χ2v) is 7.16. The van der Waals surface area contributed by atoms with Gasteiger partial charge in [-0.2, -0.15) is 0 Å². The van der Waals surface area contributed by atoms with Crippen molar-refractivity contribution in [2.24, 2.45) is 0 Å². The molecule has 0 saturated carbocycles. The lowest BCUT2D eigenvalue weighted by Crippen LogP contribution is -2.48. The first kappa shape index (κ1) is 20.6. The molecule has 1 aromatic heterocycles. The Kier molecular flexibility index (Phi) is 8.79. The van der Waals surface area contributed by atoms with E-state index in [2.05, 4.69) is 27.4 Å². The van der Waals surface area contributed by atoms with Crippen LogP contribution in [0.2, 0.25) is 0 Å². The van der Waals surface area contributed by atoms with Gasteiger partial charge in [0.1, 0.15) is 6.54 Å². The minimum atomic E-state index is -0.230. The van der Waals surface area contributed by atoms with Crippen LogP contribution in [-0.2, 0) is 9.53 Å². The molecule has 0 spiro atoms. The zero-order valence-corrected chi connectivity index (χ0v) is 16.4. The van der Waals surface area contributed by atoms with E-state index in [1.54, 1.807) is 4.90 Å². The Morgan fingerprint density at radius 2 is 2.15 bits per heavy atom. The molecule has 2 heterocycles. The maximum atomic E-state index is 12.5. The van der Waals surface area contributed by atoms with E-state index in [0.29, 0.717) is 31.4 Å². The normalized spacial score (nSPS) is 14.8. The summed E-state index contributed by atoms with van der Waals surface area (Å²) in [4.78, 5) is 32.8. The van der Waals surface area contributed by atoms with Gasteiger partial charge < -0.3 is 20.3 Å². The molecule has 1 saturated heterocycles. The second kappa shape index (κ2) is 11.1. The predicted octanol–water partition coefficient (Wildman–Crippen LogP) is 1.53. The van der Waals surface area contributed by atoms with Gasteiger partial charge >= 0.3 is 6.03 Å². The highest BCUT2D eigenvalue weighted by Crippen LogP contribution is 2.14. The van der Waals surface area contributed by atoms with Crippen molar-refractivity contribution >= 4 is 28.4 Å². The number of ether oxygens (including phenoxy) is 1. The second-order valence-electron chi connectivity index (χ2n) is 6.30. The van der Waals surface area contributed by atoms with E-state index in [1.165, 1.54) is 11.3 Å². The van der Waals surface area contributed by atoms with Crippen LogP contribution in [0.1, 0.15) is 25.5 Å². The van der Waals surface area contributed by atoms with E-state index in [4.69, 9.17) is 4.74 Å². The van der Waals surface area contributed by atoms with Crippen molar-refractivity contribution < 1.29 is 14.3 Å². The molecule has 0 atom stereocenters. The molecule has 2 rings (SSSR count). The molecule has 9 heteroatoms. The fourth-order valence-electron chi connectivity index (χ4n) is 2.57. The standard InChI is InChI=1S/C17H29N5O3S/c1-3-4-5-18-17(24)22(7-6-21-8-10-25-11-9-21)12-15(23)20-16-19-14(2)13-26-16/h13H,3-12H2,1-2H3,(H,18,24)(H,19,20,23). The van der Waals surface area contributed by atoms with Crippen LogP contribution in [0.3, 0.4) is 0 Å². The molecule has 1 aromatic rings. The summed E-state index contributed by atoms with van der Waals surface area (Å²) in [6, 6.07) is -0.197. The van der Waals surface area contributed by atoms with E-state index >= 15 is 0 Å². The first-order valence-electron chi connectivity index (χ1n) is 9.13. The Labute approximate surface area is 158 Å². The Bertz CT molecular complexity index is 574. The summed E-state index contributed by atoms with van der Waals surface area (Å²) < 4.78 is 5.35. The van der Waals surface area contributed by atoms with Gasteiger partial charge in [-0.3, -0.25) is 9.69 Å². The third-order valence-corrected chi connectivity index (χ3v) is 4.96. The van der Waals surface area contributed by atoms with Crippen LogP contribution in [0.4, 0.5) is 9.93 Å². The molecular weight excluding hydrogens is 354 g/mol. The van der Waals surface area contributed by atoms with Gasteiger partial charge in [-0.05, 0) is 13.3 Å². The first-order valence-corrected chi connectivity index (χ1v) is 10.0. The lowest BCUT2D eigenvalue weighted by molar-refractivity contribution is -0.116. The molecule has 0 unspecified atom stereocenters. The van der Waals surface area contributed by atoms with Crippen LogP contribution < -0.4 is 10.6 Å². The van der Waals surface area contributed by atoms with Crippen molar-refractivity contribution in [3.63, 3.8) is 0 Å². The smallest absolute Gasteiger partial charge is 0.317 e. The summed E-state index contributed by atoms with van der Waals surface area (Å²) >= 11 is 1.38. The van der Waals surface area contributed by atoms with Crippen LogP contribution in [0.25, 0.3) is 0 Å². The number of carbonyl (C=O) groups is 2. The largest absolute Gasteiger partial charge is 0.379 e. The zero-order chi connectivity index (χ0) is 18.8. The molecule has 146 valence electrons. The molecule has 8 nitrogen and oxygen atoms in total. The molecule has 3 amide bonds. The number of thiazole rings is 1. The van der Waals surface area contributed by atoms with Gasteiger partial charge in [-0.1, -0.05) is 13.3 Å². The van der Waals surface area contributed by atoms with E-state index in [-0.39, 0.29) is 18.5 Å². The molecule has 0 bridgehead atoms. The number of aryl methyl sites for hydroxylation is 1. The number of unbranched alkanes of at least 4 members (excludes halogenated alkanes) is 1. The van der Waals surface area contributed by atoms with Crippen LogP contribution in [0, 0.1) is 6.92 Å². The topological polar surface area (TPSA) is 86.8 Å². The maximum absolute atomic E-state index is 12.5. The zero-order valence-electron chi connectivity index (χ0n) is 15.6. The van der Waals surface area contributed by atoms with E-state index < -0.39 is 0 Å². The van der Waals surface area contributed by atoms with Gasteiger partial charge in [-0.15, -0.1) is 11.3 Å². The highest BCUT2D eigenvalue weighted by molar-refractivity contribution is 7.13. The van der Waals surface area contributed by atoms with Crippen molar-refractivity contribution in [1.29, 1.82) is 0 Å². The minimum Gasteiger partial charge on any atom is -0.379 e. The number of aromatic nitrogens is 1. The summed E-state index contributed by atoms with van der Waals surface area (Å²) in [6.07, 6.45) is 1.94. The number of hydrogen-bond acceptors (Lipinski definition) is 6. The summed E-state index contributed by atoms with van der Waals surface area (Å²) in [5, 5.41) is 8.10. The number of morpholine rings is 1. The van der Waals surface area contributed by atoms with Crippen LogP contribution in [0.5, 0.6) is 0 Å². The molecule has 1 fully saturated rings. The number of rotatable bonds is 9. The van der Waals surface area contributed by atoms with Gasteiger partial charge in [0.2, 0.25) is 5.91 Å². The van der Waals surface area contributed by atoms with Gasteiger partial charge in [0.15, 0.2) is 5.13 Å². The number of nitrogens with one attached hydrogen (secondary N) is 2. The van der Waals surface area contributed by atoms with Crippen LogP contribution >= 0.6 is 11.3 Å². The predicted molar refractivity (Wildman–Crippen MR) is 103 cm³/mol. The van der Waals surface area contributed by atoms with E-state index in [0.717, 1.165) is 38.2 Å². The minimum absolute atomic E-state index is 0.0148. The third-order valence-electron chi connectivity index (χ3n) is 4.08. The Morgan fingerprint density at radius 1 is 1.38 bits per heavy atom. The number of anilines is 1. The number of urea groups is 1. The highest BCUT2D eigenvalue weighted by atomic mass is 32.1. The quantitative estimate of drug-likeness (QED) is 0.632. The van der Waals surface area contributed by atoms with Crippen molar-refractivity contribution in [3.8, 4) is 0 Å². The van der Waals surface area contributed by atoms with Crippen molar-refractivity contribution in [1.82, 2.24) is 20.1 Å². The fraction of sp³-hybridized carbons (Fsp3) is 0.706. The van der Waals surface area contributed by atoms with Gasteiger partial charge in [0.05, 0.1) is 18.9 Å². The van der Waals surface area contributed by atoms with Gasteiger partial charge in [-0.25, -0.2) is 9.78 Å². The average molecular weight is 384 g/mol. The molecular formula is C17H29N5O3S. The van der Waals surface area contributed by atoms with Crippen molar-refractivity contribution in [2.75, 3.05) is 57.8 Å². The molecule has 1 aliphatic heterocycles. The molecule has 0 radical (unpaired) electrons. The SMILES string of the molecule is CCCCNC(=O)N(CCN1CCOCC1)CC(=O)Nc1nc(C)cs1. The first-order chi connectivity index (χ1) is 12.6. The summed E-state index contributed by atoms with van der Waals surface area (Å²) in [5.41, 5.74) is 0.867. The van der Waals surface area contributed by atoms with Gasteiger partial charge in [0, 0.05) is 38.1 Å². The number of carbonyl (C=O) groups excluding carboxylic acids is 2. The van der Waals surface area contributed by atoms with Gasteiger partial charge in [0.25, 0.3) is 0 Å². The number of nitrogens with zero attached hydrogens (tertiary/aromatic N) is 3. The molecule has 26 heavy (non-hydrogen) atoms. The average Bonchev–Trinajstić information content (AvgIpc) is 3.04. The van der Waals surface area contributed by atoms with Crippen LogP contribution in [0.15, 0.2) is 5.38 Å². The Hall–Kier alpha value is -1.71. The van der Waals surface area contributed by atoms with E-state index in [9.17, 15) is 9.59 Å². The summed E-state index contributed by atoms with van der Waals surface area (Å²) in [5.74, 6) is -0.230. The highest BCUT2D eigenvalue weighted by Gasteiger charge is 2.19. The molecule has 1 aliphatic rings. The monoisotopic (exact) mass is 383 g/mol. The summed E-state index contributed by atoms with van der Waals surface area (Å²) in [6.45, 7) is 8.97.